The molecular formula is C24H29ClN2O4. The Kier molecular flexibility index (Phi) is 7.93. The van der Waals surface area contributed by atoms with Gasteiger partial charge < -0.3 is 14.4 Å². The quantitative estimate of drug-likeness (QED) is 0.586. The first-order chi connectivity index (χ1) is 15.0. The van der Waals surface area contributed by atoms with Crippen LogP contribution in [0.1, 0.15) is 25.3 Å². The first-order valence-corrected chi connectivity index (χ1v) is 10.9. The lowest BCUT2D eigenvalue weighted by atomic mass is 9.85. The Hall–Kier alpha value is -2.57. The van der Waals surface area contributed by atoms with Crippen LogP contribution in [0.4, 0.5) is 10.5 Å². The first kappa shape index (κ1) is 23.1. The summed E-state index contributed by atoms with van der Waals surface area (Å²) in [5.41, 5.74) is 0.742. The zero-order valence-electron chi connectivity index (χ0n) is 18.1. The van der Waals surface area contributed by atoms with E-state index in [1.165, 1.54) is 17.6 Å². The number of ether oxygens (including phenoxy) is 2. The van der Waals surface area contributed by atoms with Crippen LogP contribution in [-0.4, -0.2) is 55.9 Å². The molecule has 1 fully saturated rings. The molecule has 166 valence electrons. The number of hydrogen-bond acceptors (Lipinski definition) is 5. The Morgan fingerprint density at radius 1 is 1.06 bits per heavy atom. The van der Waals surface area contributed by atoms with E-state index >= 15 is 0 Å². The van der Waals surface area contributed by atoms with E-state index in [0.29, 0.717) is 31.6 Å². The molecule has 3 rings (SSSR count). The van der Waals surface area contributed by atoms with Crippen molar-refractivity contribution in [3.05, 3.63) is 65.2 Å². The van der Waals surface area contributed by atoms with Crippen LogP contribution in [0.2, 0.25) is 5.02 Å². The molecule has 0 bridgehead atoms. The van der Waals surface area contributed by atoms with Gasteiger partial charge in [0.2, 0.25) is 0 Å². The van der Waals surface area contributed by atoms with Crippen molar-refractivity contribution in [2.45, 2.75) is 31.7 Å². The molecule has 0 spiro atoms. The number of benzene rings is 2. The van der Waals surface area contributed by atoms with Crippen molar-refractivity contribution in [1.29, 1.82) is 0 Å². The lowest BCUT2D eigenvalue weighted by Crippen LogP contribution is -2.63. The molecule has 0 unspecified atom stereocenters. The summed E-state index contributed by atoms with van der Waals surface area (Å²) in [6.45, 7) is 4.19. The number of anilines is 1. The zero-order valence-corrected chi connectivity index (χ0v) is 18.8. The first-order valence-electron chi connectivity index (χ1n) is 10.6. The number of methoxy groups -OCH3 is 1. The Morgan fingerprint density at radius 2 is 1.71 bits per heavy atom. The maximum atomic E-state index is 13.0. The predicted octanol–water partition coefficient (Wildman–Crippen LogP) is 4.55. The number of hydrogen-bond donors (Lipinski definition) is 0. The van der Waals surface area contributed by atoms with E-state index in [9.17, 15) is 9.59 Å². The average molecular weight is 445 g/mol. The smallest absolute Gasteiger partial charge is 0.415 e. The number of nitrogens with zero attached hydrogens (tertiary/aromatic N) is 2. The largest absolute Gasteiger partial charge is 0.467 e. The SMILES string of the molecule is CCOC(=O)N(c1ccccc1)C1(C(=O)OC)CCN(CCc2ccc(Cl)cc2)CC1. The third-order valence-electron chi connectivity index (χ3n) is 5.77. The molecule has 1 heterocycles. The molecule has 1 saturated heterocycles. The highest BCUT2D eigenvalue weighted by molar-refractivity contribution is 6.30. The minimum atomic E-state index is -1.10. The Morgan fingerprint density at radius 3 is 2.29 bits per heavy atom. The van der Waals surface area contributed by atoms with Crippen LogP contribution < -0.4 is 4.90 Å². The second-order valence-electron chi connectivity index (χ2n) is 7.61. The number of para-hydroxylation sites is 1. The fraction of sp³-hybridized carbons (Fsp3) is 0.417. The van der Waals surface area contributed by atoms with Gasteiger partial charge in [-0.2, -0.15) is 0 Å². The average Bonchev–Trinajstić information content (AvgIpc) is 2.80. The number of piperidine rings is 1. The van der Waals surface area contributed by atoms with E-state index < -0.39 is 17.6 Å². The number of carbonyl (C=O) groups is 2. The molecule has 7 heteroatoms. The lowest BCUT2D eigenvalue weighted by Gasteiger charge is -2.45. The minimum absolute atomic E-state index is 0.229. The van der Waals surface area contributed by atoms with Crippen molar-refractivity contribution in [1.82, 2.24) is 4.90 Å². The summed E-state index contributed by atoms with van der Waals surface area (Å²) in [4.78, 5) is 29.8. The highest BCUT2D eigenvalue weighted by Gasteiger charge is 2.50. The van der Waals surface area contributed by atoms with Gasteiger partial charge in [0.05, 0.1) is 13.7 Å². The third-order valence-corrected chi connectivity index (χ3v) is 6.02. The molecule has 0 N–H and O–H groups in total. The second-order valence-corrected chi connectivity index (χ2v) is 8.05. The molecule has 2 aromatic rings. The summed E-state index contributed by atoms with van der Waals surface area (Å²) >= 11 is 5.97. The molecule has 0 saturated carbocycles. The molecule has 0 aromatic heterocycles. The Labute approximate surface area is 188 Å². The van der Waals surface area contributed by atoms with Gasteiger partial charge in [0.25, 0.3) is 0 Å². The van der Waals surface area contributed by atoms with Gasteiger partial charge in [0, 0.05) is 30.3 Å². The number of halogens is 1. The molecule has 31 heavy (non-hydrogen) atoms. The number of amides is 1. The Balaban J connectivity index is 1.78. The normalized spacial score (nSPS) is 15.8. The molecular weight excluding hydrogens is 416 g/mol. The van der Waals surface area contributed by atoms with Gasteiger partial charge in [0.15, 0.2) is 5.54 Å². The highest BCUT2D eigenvalue weighted by atomic mass is 35.5. The van der Waals surface area contributed by atoms with E-state index in [1.807, 2.05) is 54.6 Å². The van der Waals surface area contributed by atoms with Crippen molar-refractivity contribution in [2.24, 2.45) is 0 Å². The van der Waals surface area contributed by atoms with Crippen LogP contribution in [0.25, 0.3) is 0 Å². The highest BCUT2D eigenvalue weighted by Crippen LogP contribution is 2.35. The van der Waals surface area contributed by atoms with Gasteiger partial charge in [-0.25, -0.2) is 9.59 Å². The standard InChI is InChI=1S/C24H29ClN2O4/c1-3-31-23(29)27(21-7-5-4-6-8-21)24(22(28)30-2)14-17-26(18-15-24)16-13-19-9-11-20(25)12-10-19/h4-12H,3,13-18H2,1-2H3. The summed E-state index contributed by atoms with van der Waals surface area (Å²) in [6, 6.07) is 17.0. The number of carbonyl (C=O) groups excluding carboxylic acids is 2. The summed E-state index contributed by atoms with van der Waals surface area (Å²) in [7, 11) is 1.37. The van der Waals surface area contributed by atoms with E-state index in [2.05, 4.69) is 4.90 Å². The molecule has 1 aliphatic heterocycles. The van der Waals surface area contributed by atoms with Crippen molar-refractivity contribution in [3.63, 3.8) is 0 Å². The van der Waals surface area contributed by atoms with E-state index in [-0.39, 0.29) is 6.61 Å². The number of likely N-dealkylation sites (tertiary alicyclic amines) is 1. The van der Waals surface area contributed by atoms with Gasteiger partial charge in [-0.3, -0.25) is 4.90 Å². The minimum Gasteiger partial charge on any atom is -0.467 e. The van der Waals surface area contributed by atoms with Crippen molar-refractivity contribution >= 4 is 29.4 Å². The molecule has 6 nitrogen and oxygen atoms in total. The van der Waals surface area contributed by atoms with Crippen LogP contribution in [0, 0.1) is 0 Å². The van der Waals surface area contributed by atoms with Gasteiger partial charge in [-0.15, -0.1) is 0 Å². The molecule has 0 radical (unpaired) electrons. The number of rotatable bonds is 7. The topological polar surface area (TPSA) is 59.1 Å². The van der Waals surface area contributed by atoms with Crippen LogP contribution in [0.5, 0.6) is 0 Å². The summed E-state index contributed by atoms with van der Waals surface area (Å²) in [5.74, 6) is -0.415. The fourth-order valence-corrected chi connectivity index (χ4v) is 4.21. The van der Waals surface area contributed by atoms with Crippen molar-refractivity contribution < 1.29 is 19.1 Å². The lowest BCUT2D eigenvalue weighted by molar-refractivity contribution is -0.149. The molecule has 2 aromatic carbocycles. The van der Waals surface area contributed by atoms with Gasteiger partial charge >= 0.3 is 12.1 Å². The second kappa shape index (κ2) is 10.6. The maximum absolute atomic E-state index is 13.0. The molecule has 0 aliphatic carbocycles. The summed E-state index contributed by atoms with van der Waals surface area (Å²) < 4.78 is 10.5. The fourth-order valence-electron chi connectivity index (χ4n) is 4.09. The van der Waals surface area contributed by atoms with Crippen molar-refractivity contribution in [2.75, 3.05) is 38.3 Å². The third kappa shape index (κ3) is 5.38. The summed E-state index contributed by atoms with van der Waals surface area (Å²) in [6.07, 6.45) is 1.29. The Bertz CT molecular complexity index is 865. The predicted molar refractivity (Wildman–Crippen MR) is 122 cm³/mol. The molecule has 1 aliphatic rings. The number of esters is 1. The van der Waals surface area contributed by atoms with Gasteiger partial charge in [-0.05, 0) is 56.0 Å². The van der Waals surface area contributed by atoms with Crippen LogP contribution >= 0.6 is 11.6 Å². The molecule has 1 amide bonds. The van der Waals surface area contributed by atoms with E-state index in [4.69, 9.17) is 21.1 Å². The zero-order chi connectivity index (χ0) is 22.3. The molecule has 0 atom stereocenters. The monoisotopic (exact) mass is 444 g/mol. The van der Waals surface area contributed by atoms with Gasteiger partial charge in [-0.1, -0.05) is 41.9 Å². The van der Waals surface area contributed by atoms with Crippen LogP contribution in [0.3, 0.4) is 0 Å². The van der Waals surface area contributed by atoms with Crippen LogP contribution in [-0.2, 0) is 20.7 Å². The summed E-state index contributed by atoms with van der Waals surface area (Å²) in [5, 5.41) is 0.726. The van der Waals surface area contributed by atoms with Gasteiger partial charge in [0.1, 0.15) is 0 Å². The maximum Gasteiger partial charge on any atom is 0.415 e. The van der Waals surface area contributed by atoms with Crippen molar-refractivity contribution in [3.8, 4) is 0 Å². The van der Waals surface area contributed by atoms with E-state index in [1.54, 1.807) is 6.92 Å². The van der Waals surface area contributed by atoms with E-state index in [0.717, 1.165) is 18.0 Å². The van der Waals surface area contributed by atoms with Crippen LogP contribution in [0.15, 0.2) is 54.6 Å².